The van der Waals surface area contributed by atoms with E-state index in [-0.39, 0.29) is 12.4 Å². The number of amidine groups is 1. The second kappa shape index (κ2) is 9.28. The number of hydrogen-bond donors (Lipinski definition) is 0. The van der Waals surface area contributed by atoms with Crippen molar-refractivity contribution in [2.45, 2.75) is 0 Å². The summed E-state index contributed by atoms with van der Waals surface area (Å²) in [5.74, 6) is 1.17. The van der Waals surface area contributed by atoms with E-state index in [4.69, 9.17) is 0 Å². The number of aryl methyl sites for hydroxylation is 3. The molecule has 2 heterocycles. The van der Waals surface area contributed by atoms with Gasteiger partial charge in [-0.1, -0.05) is 48.5 Å². The highest BCUT2D eigenvalue weighted by Crippen LogP contribution is 2.11. The quantitative estimate of drug-likeness (QED) is 0.152. The molecule has 0 N–H and O–H groups in total. The maximum absolute atomic E-state index is 4.51. The Morgan fingerprint density at radius 2 is 1.40 bits per heavy atom. The van der Waals surface area contributed by atoms with Crippen LogP contribution in [-0.2, 0) is 21.1 Å². The van der Waals surface area contributed by atoms with Gasteiger partial charge in [0.15, 0.2) is 0 Å². The van der Waals surface area contributed by atoms with Crippen LogP contribution < -0.4 is 22.6 Å². The predicted molar refractivity (Wildman–Crippen MR) is 113 cm³/mol. The Morgan fingerprint density at radius 1 is 0.800 bits per heavy atom. The Labute approximate surface area is 180 Å². The number of hydrogen-bond acceptors (Lipinski definition) is 3. The van der Waals surface area contributed by atoms with Crippen molar-refractivity contribution in [1.29, 1.82) is 0 Å². The van der Waals surface area contributed by atoms with Gasteiger partial charge in [-0.3, -0.25) is 0 Å². The third-order valence-corrected chi connectivity index (χ3v) is 4.75. The first kappa shape index (κ1) is 21.1. The molecule has 0 saturated heterocycles. The average Bonchev–Trinajstić information content (AvgIpc) is 3.00. The normalized spacial score (nSPS) is 11.6. The van der Waals surface area contributed by atoms with E-state index in [1.165, 1.54) is 0 Å². The van der Waals surface area contributed by atoms with Gasteiger partial charge >= 0.3 is 5.82 Å². The zero-order chi connectivity index (χ0) is 20.2. The summed E-state index contributed by atoms with van der Waals surface area (Å²) in [5, 5.41) is 17.7. The lowest BCUT2D eigenvalue weighted by Crippen LogP contribution is -3.00. The summed E-state index contributed by atoms with van der Waals surface area (Å²) >= 11 is 0. The predicted octanol–water partition coefficient (Wildman–Crippen LogP) is 0.392. The molecule has 2 aromatic carbocycles. The number of nitrogens with zero attached hydrogens (tertiary/aromatic N) is 7. The number of rotatable bonds is 3. The molecule has 7 nitrogen and oxygen atoms in total. The van der Waals surface area contributed by atoms with Crippen molar-refractivity contribution in [2.75, 3.05) is 0 Å². The van der Waals surface area contributed by atoms with E-state index in [0.29, 0.717) is 5.84 Å². The minimum absolute atomic E-state index is 0. The van der Waals surface area contributed by atoms with Crippen molar-refractivity contribution < 1.29 is 17.0 Å². The van der Waals surface area contributed by atoms with E-state index in [1.807, 2.05) is 102 Å². The van der Waals surface area contributed by atoms with Crippen molar-refractivity contribution in [2.24, 2.45) is 41.6 Å². The Bertz CT molecular complexity index is 1240. The summed E-state index contributed by atoms with van der Waals surface area (Å²) in [7, 11) is 5.88. The molecule has 0 spiro atoms. The molecule has 2 aromatic heterocycles. The molecule has 0 saturated carbocycles. The number of fused-ring (bicyclic) bond motifs is 1. The molecule has 4 aromatic rings. The highest BCUT2D eigenvalue weighted by Gasteiger charge is 2.09. The van der Waals surface area contributed by atoms with Crippen molar-refractivity contribution in [3.8, 4) is 0 Å². The number of benzene rings is 2. The molecule has 152 valence electrons. The Kier molecular flexibility index (Phi) is 6.54. The van der Waals surface area contributed by atoms with Crippen LogP contribution >= 0.6 is 0 Å². The van der Waals surface area contributed by atoms with Crippen LogP contribution in [0.2, 0.25) is 0 Å². The molecule has 4 rings (SSSR count). The molecule has 0 aliphatic carbocycles. The van der Waals surface area contributed by atoms with Gasteiger partial charge in [0.05, 0.1) is 29.4 Å². The lowest BCUT2D eigenvalue weighted by molar-refractivity contribution is -0.658. The van der Waals surface area contributed by atoms with Gasteiger partial charge in [-0.2, -0.15) is 0 Å². The van der Waals surface area contributed by atoms with Crippen LogP contribution in [0, 0.1) is 0 Å². The third-order valence-electron chi connectivity index (χ3n) is 4.75. The first-order valence-corrected chi connectivity index (χ1v) is 9.29. The Morgan fingerprint density at radius 3 is 2.03 bits per heavy atom. The molecule has 0 aliphatic heterocycles. The molecule has 0 radical (unpaired) electrons. The van der Waals surface area contributed by atoms with Crippen molar-refractivity contribution in [3.63, 3.8) is 0 Å². The molecule has 30 heavy (non-hydrogen) atoms. The minimum Gasteiger partial charge on any atom is -1.00 e. The van der Waals surface area contributed by atoms with Crippen molar-refractivity contribution >= 4 is 22.7 Å². The van der Waals surface area contributed by atoms with E-state index in [0.717, 1.165) is 28.0 Å². The first-order valence-electron chi connectivity index (χ1n) is 9.29. The second-order valence-electron chi connectivity index (χ2n) is 6.67. The number of para-hydroxylation sites is 2. The zero-order valence-corrected chi connectivity index (χ0v) is 17.8. The SMILES string of the molecule is Cn1c(=N/N=C(\N=Nc2cccc[n+]2C)c2ccccc2)n(C)c2ccccc21.[Cl-]. The van der Waals surface area contributed by atoms with E-state index < -0.39 is 0 Å². The Balaban J connectivity index is 0.00000256. The standard InChI is InChI=1S/C22H22N7.ClH/c1-27-16-10-9-15-20(27)23-24-21(17-11-5-4-6-12-17)25-26-22-28(2)18-13-7-8-14-19(18)29(22)3;/h4-16H,1-3H3;1H/q+1;/p-1. The average molecular weight is 420 g/mol. The van der Waals surface area contributed by atoms with Gasteiger partial charge in [0.1, 0.15) is 0 Å². The summed E-state index contributed by atoms with van der Waals surface area (Å²) in [6, 6.07) is 23.6. The summed E-state index contributed by atoms with van der Waals surface area (Å²) in [4.78, 5) is 0. The molecule has 0 aliphatic rings. The van der Waals surface area contributed by atoms with Gasteiger partial charge in [0.25, 0.3) is 0 Å². The van der Waals surface area contributed by atoms with Crippen LogP contribution in [0.5, 0.6) is 0 Å². The van der Waals surface area contributed by atoms with Crippen LogP contribution in [0.15, 0.2) is 99.4 Å². The molecule has 0 unspecified atom stereocenters. The topological polar surface area (TPSA) is 63.2 Å². The monoisotopic (exact) mass is 419 g/mol. The lowest BCUT2D eigenvalue weighted by atomic mass is 10.2. The molecule has 0 bridgehead atoms. The summed E-state index contributed by atoms with van der Waals surface area (Å²) in [5.41, 5.74) is 3.74. The van der Waals surface area contributed by atoms with E-state index in [1.54, 1.807) is 0 Å². The fraction of sp³-hybridized carbons (Fsp3) is 0.136. The number of imidazole rings is 1. The summed E-state index contributed by atoms with van der Waals surface area (Å²) in [6.45, 7) is 0. The van der Waals surface area contributed by atoms with E-state index in [9.17, 15) is 0 Å². The number of pyridine rings is 1. The fourth-order valence-corrected chi connectivity index (χ4v) is 3.14. The van der Waals surface area contributed by atoms with Gasteiger partial charge < -0.3 is 21.5 Å². The van der Waals surface area contributed by atoms with Crippen molar-refractivity contribution in [3.05, 3.63) is 90.2 Å². The maximum Gasteiger partial charge on any atom is 0.350 e. The fourth-order valence-electron chi connectivity index (χ4n) is 3.14. The minimum atomic E-state index is 0. The number of halogens is 1. The van der Waals surface area contributed by atoms with Crippen LogP contribution in [0.1, 0.15) is 5.56 Å². The van der Waals surface area contributed by atoms with Gasteiger partial charge in [0.2, 0.25) is 11.5 Å². The van der Waals surface area contributed by atoms with E-state index in [2.05, 4.69) is 32.6 Å². The van der Waals surface area contributed by atoms with Gasteiger partial charge in [-0.25, -0.2) is 4.57 Å². The first-order chi connectivity index (χ1) is 14.1. The third kappa shape index (κ3) is 4.21. The second-order valence-corrected chi connectivity index (χ2v) is 6.67. The smallest absolute Gasteiger partial charge is 0.350 e. The lowest BCUT2D eigenvalue weighted by Gasteiger charge is -1.96. The number of azo groups is 1. The maximum atomic E-state index is 4.51. The molecule has 8 heteroatoms. The molecule has 0 fully saturated rings. The summed E-state index contributed by atoms with van der Waals surface area (Å²) < 4.78 is 5.92. The van der Waals surface area contributed by atoms with E-state index >= 15 is 0 Å². The van der Waals surface area contributed by atoms with Crippen molar-refractivity contribution in [1.82, 2.24) is 9.13 Å². The molecular weight excluding hydrogens is 398 g/mol. The molecule has 0 amide bonds. The summed E-state index contributed by atoms with van der Waals surface area (Å²) in [6.07, 6.45) is 1.92. The van der Waals surface area contributed by atoms with Crippen LogP contribution in [-0.4, -0.2) is 15.0 Å². The highest BCUT2D eigenvalue weighted by atomic mass is 35.5. The van der Waals surface area contributed by atoms with Gasteiger partial charge in [0, 0.05) is 25.7 Å². The molecule has 0 atom stereocenters. The van der Waals surface area contributed by atoms with Gasteiger partial charge in [-0.05, 0) is 23.3 Å². The van der Waals surface area contributed by atoms with Crippen LogP contribution in [0.3, 0.4) is 0 Å². The van der Waals surface area contributed by atoms with Crippen LogP contribution in [0.25, 0.3) is 11.0 Å². The van der Waals surface area contributed by atoms with Gasteiger partial charge in [-0.15, -0.1) is 10.2 Å². The zero-order valence-electron chi connectivity index (χ0n) is 17.0. The highest BCUT2D eigenvalue weighted by molar-refractivity contribution is 5.99. The largest absolute Gasteiger partial charge is 1.00 e. The Hall–Kier alpha value is -3.58. The van der Waals surface area contributed by atoms with Crippen LogP contribution in [0.4, 0.5) is 5.82 Å². The molecular formula is C22H22ClN7. The number of aromatic nitrogens is 3.